The zero-order chi connectivity index (χ0) is 20.3. The van der Waals surface area contributed by atoms with Crippen molar-refractivity contribution in [3.05, 3.63) is 29.8 Å². The van der Waals surface area contributed by atoms with Crippen LogP contribution in [0.25, 0.3) is 0 Å². The second kappa shape index (κ2) is 8.31. The number of esters is 1. The predicted octanol–water partition coefficient (Wildman–Crippen LogP) is 4.20. The quantitative estimate of drug-likeness (QED) is 0.733. The normalized spacial score (nSPS) is 23.8. The molecule has 0 amide bonds. The summed E-state index contributed by atoms with van der Waals surface area (Å²) in [4.78, 5) is 12.0. The van der Waals surface area contributed by atoms with Crippen molar-refractivity contribution < 1.29 is 17.9 Å². The summed E-state index contributed by atoms with van der Waals surface area (Å²) in [7, 11) is -2.28. The standard InChI is InChI=1S/C21H33NO4S/c1-16-6-8-18(9-7-16)27(24,25)22-21(15-12-19(23)26-5)13-10-17(11-14-21)20(2,3)4/h6-9,17,22H,10-15H2,1-5H3. The Morgan fingerprint density at radius 3 is 2.22 bits per heavy atom. The highest BCUT2D eigenvalue weighted by Gasteiger charge is 2.41. The van der Waals surface area contributed by atoms with Crippen LogP contribution in [0.1, 0.15) is 64.9 Å². The van der Waals surface area contributed by atoms with Gasteiger partial charge in [-0.2, -0.15) is 0 Å². The number of ether oxygens (including phenoxy) is 1. The zero-order valence-electron chi connectivity index (χ0n) is 17.2. The lowest BCUT2D eigenvalue weighted by Crippen LogP contribution is -2.51. The van der Waals surface area contributed by atoms with Crippen LogP contribution in [0.4, 0.5) is 0 Å². The van der Waals surface area contributed by atoms with Crippen LogP contribution in [0, 0.1) is 18.3 Å². The Balaban J connectivity index is 2.22. The minimum absolute atomic E-state index is 0.199. The minimum atomic E-state index is -3.64. The van der Waals surface area contributed by atoms with E-state index in [4.69, 9.17) is 4.74 Å². The summed E-state index contributed by atoms with van der Waals surface area (Å²) in [6.45, 7) is 8.62. The topological polar surface area (TPSA) is 72.5 Å². The number of hydrogen-bond donors (Lipinski definition) is 1. The van der Waals surface area contributed by atoms with Gasteiger partial charge in [0.15, 0.2) is 0 Å². The molecule has 1 fully saturated rings. The Kier molecular flexibility index (Phi) is 6.74. The highest BCUT2D eigenvalue weighted by molar-refractivity contribution is 7.89. The summed E-state index contributed by atoms with van der Waals surface area (Å²) >= 11 is 0. The van der Waals surface area contributed by atoms with Crippen LogP contribution in [-0.2, 0) is 19.6 Å². The molecule has 0 saturated heterocycles. The number of methoxy groups -OCH3 is 1. The Morgan fingerprint density at radius 2 is 1.74 bits per heavy atom. The smallest absolute Gasteiger partial charge is 0.305 e. The van der Waals surface area contributed by atoms with E-state index in [0.717, 1.165) is 31.2 Å². The van der Waals surface area contributed by atoms with Crippen molar-refractivity contribution >= 4 is 16.0 Å². The van der Waals surface area contributed by atoms with Crippen LogP contribution >= 0.6 is 0 Å². The molecule has 1 aliphatic rings. The highest BCUT2D eigenvalue weighted by Crippen LogP contribution is 2.43. The van der Waals surface area contributed by atoms with E-state index in [0.29, 0.717) is 12.3 Å². The van der Waals surface area contributed by atoms with Gasteiger partial charge in [-0.3, -0.25) is 4.79 Å². The van der Waals surface area contributed by atoms with Gasteiger partial charge in [0, 0.05) is 12.0 Å². The molecule has 0 aliphatic heterocycles. The molecular weight excluding hydrogens is 362 g/mol. The first-order chi connectivity index (χ1) is 12.5. The molecule has 0 radical (unpaired) electrons. The number of nitrogens with one attached hydrogen (secondary N) is 1. The molecule has 1 aliphatic carbocycles. The number of rotatable bonds is 6. The number of benzene rings is 1. The maximum atomic E-state index is 13.0. The minimum Gasteiger partial charge on any atom is -0.469 e. The third kappa shape index (κ3) is 5.79. The molecule has 27 heavy (non-hydrogen) atoms. The van der Waals surface area contributed by atoms with Crippen molar-refractivity contribution in [3.63, 3.8) is 0 Å². The van der Waals surface area contributed by atoms with Crippen LogP contribution in [0.3, 0.4) is 0 Å². The van der Waals surface area contributed by atoms with E-state index in [9.17, 15) is 13.2 Å². The summed E-state index contributed by atoms with van der Waals surface area (Å²) < 4.78 is 33.7. The first-order valence-electron chi connectivity index (χ1n) is 9.65. The van der Waals surface area contributed by atoms with Crippen molar-refractivity contribution in [1.82, 2.24) is 4.72 Å². The summed E-state index contributed by atoms with van der Waals surface area (Å²) in [5.74, 6) is 0.245. The molecule has 1 saturated carbocycles. The molecule has 1 aromatic carbocycles. The molecule has 0 unspecified atom stereocenters. The van der Waals surface area contributed by atoms with Gasteiger partial charge in [-0.25, -0.2) is 13.1 Å². The summed E-state index contributed by atoms with van der Waals surface area (Å²) in [5.41, 5.74) is 0.615. The van der Waals surface area contributed by atoms with Crippen LogP contribution in [0.2, 0.25) is 0 Å². The third-order valence-electron chi connectivity index (χ3n) is 5.88. The van der Waals surface area contributed by atoms with Crippen molar-refractivity contribution in [3.8, 4) is 0 Å². The molecule has 0 heterocycles. The van der Waals surface area contributed by atoms with Gasteiger partial charge in [-0.1, -0.05) is 38.5 Å². The lowest BCUT2D eigenvalue weighted by atomic mass is 9.66. The molecule has 152 valence electrons. The lowest BCUT2D eigenvalue weighted by Gasteiger charge is -2.44. The van der Waals surface area contributed by atoms with Crippen LogP contribution in [0.5, 0.6) is 0 Å². The molecule has 0 atom stereocenters. The summed E-state index contributed by atoms with van der Waals surface area (Å²) in [5, 5.41) is 0. The predicted molar refractivity (Wildman–Crippen MR) is 107 cm³/mol. The fourth-order valence-electron chi connectivity index (χ4n) is 3.94. The average molecular weight is 396 g/mol. The van der Waals surface area contributed by atoms with E-state index in [1.807, 2.05) is 6.92 Å². The molecule has 2 rings (SSSR count). The number of carbonyl (C=O) groups is 1. The first-order valence-corrected chi connectivity index (χ1v) is 11.1. The van der Waals surface area contributed by atoms with Gasteiger partial charge >= 0.3 is 5.97 Å². The number of carbonyl (C=O) groups excluding carboxylic acids is 1. The average Bonchev–Trinajstić information content (AvgIpc) is 2.59. The van der Waals surface area contributed by atoms with Gasteiger partial charge < -0.3 is 4.74 Å². The fraction of sp³-hybridized carbons (Fsp3) is 0.667. The SMILES string of the molecule is COC(=O)CCC1(NS(=O)(=O)c2ccc(C)cc2)CCC(C(C)(C)C)CC1. The number of hydrogen-bond acceptors (Lipinski definition) is 4. The zero-order valence-corrected chi connectivity index (χ0v) is 18.0. The maximum absolute atomic E-state index is 13.0. The first kappa shape index (κ1) is 21.9. The van der Waals surface area contributed by atoms with Crippen molar-refractivity contribution in [2.75, 3.05) is 7.11 Å². The van der Waals surface area contributed by atoms with Gasteiger partial charge in [0.25, 0.3) is 0 Å². The van der Waals surface area contributed by atoms with E-state index in [-0.39, 0.29) is 22.7 Å². The Labute approximate surface area is 163 Å². The molecule has 1 N–H and O–H groups in total. The molecule has 0 aromatic heterocycles. The van der Waals surface area contributed by atoms with Crippen molar-refractivity contribution in [1.29, 1.82) is 0 Å². The Morgan fingerprint density at radius 1 is 1.19 bits per heavy atom. The van der Waals surface area contributed by atoms with E-state index in [2.05, 4.69) is 25.5 Å². The second-order valence-electron chi connectivity index (χ2n) is 8.92. The van der Waals surface area contributed by atoms with Crippen molar-refractivity contribution in [2.24, 2.45) is 11.3 Å². The molecule has 5 nitrogen and oxygen atoms in total. The van der Waals surface area contributed by atoms with Crippen molar-refractivity contribution in [2.45, 2.75) is 76.7 Å². The van der Waals surface area contributed by atoms with Gasteiger partial charge in [0.1, 0.15) is 0 Å². The van der Waals surface area contributed by atoms with Crippen LogP contribution < -0.4 is 4.72 Å². The maximum Gasteiger partial charge on any atom is 0.305 e. The van der Waals surface area contributed by atoms with E-state index in [1.54, 1.807) is 24.3 Å². The monoisotopic (exact) mass is 395 g/mol. The molecule has 6 heteroatoms. The summed E-state index contributed by atoms with van der Waals surface area (Å²) in [6.07, 6.45) is 4.03. The highest BCUT2D eigenvalue weighted by atomic mass is 32.2. The van der Waals surface area contributed by atoms with Gasteiger partial charge in [-0.05, 0) is 62.5 Å². The number of aryl methyl sites for hydroxylation is 1. The fourth-order valence-corrected chi connectivity index (χ4v) is 5.43. The van der Waals surface area contributed by atoms with Gasteiger partial charge in [0.2, 0.25) is 10.0 Å². The van der Waals surface area contributed by atoms with Gasteiger partial charge in [-0.15, -0.1) is 0 Å². The molecular formula is C21H33NO4S. The van der Waals surface area contributed by atoms with Gasteiger partial charge in [0.05, 0.1) is 12.0 Å². The second-order valence-corrected chi connectivity index (χ2v) is 10.6. The third-order valence-corrected chi connectivity index (χ3v) is 7.48. The molecule has 0 bridgehead atoms. The van der Waals surface area contributed by atoms with Crippen LogP contribution in [0.15, 0.2) is 29.2 Å². The Bertz CT molecular complexity index is 739. The molecule has 0 spiro atoms. The lowest BCUT2D eigenvalue weighted by molar-refractivity contribution is -0.141. The van der Waals surface area contributed by atoms with E-state index >= 15 is 0 Å². The van der Waals surface area contributed by atoms with E-state index in [1.165, 1.54) is 7.11 Å². The largest absolute Gasteiger partial charge is 0.469 e. The summed E-state index contributed by atoms with van der Waals surface area (Å²) in [6, 6.07) is 6.86. The van der Waals surface area contributed by atoms with E-state index < -0.39 is 15.6 Å². The van der Waals surface area contributed by atoms with Crippen LogP contribution in [-0.4, -0.2) is 27.0 Å². The Hall–Kier alpha value is -1.40. The molecule has 1 aromatic rings. The number of sulfonamides is 1.